The van der Waals surface area contributed by atoms with Crippen molar-refractivity contribution in [3.05, 3.63) is 0 Å². The van der Waals surface area contributed by atoms with Crippen LogP contribution in [0.2, 0.25) is 0 Å². The van der Waals surface area contributed by atoms with Gasteiger partial charge in [-0.15, -0.1) is 24.0 Å². The molecule has 0 radical (unpaired) electrons. The third kappa shape index (κ3) is 9.15. The highest BCUT2D eigenvalue weighted by atomic mass is 127. The van der Waals surface area contributed by atoms with Gasteiger partial charge >= 0.3 is 0 Å². The summed E-state index contributed by atoms with van der Waals surface area (Å²) < 4.78 is 0. The highest BCUT2D eigenvalue weighted by Crippen LogP contribution is 2.04. The predicted octanol–water partition coefficient (Wildman–Crippen LogP) is 1.84. The molecule has 5 nitrogen and oxygen atoms in total. The van der Waals surface area contributed by atoms with Gasteiger partial charge in [-0.2, -0.15) is 0 Å². The van der Waals surface area contributed by atoms with Gasteiger partial charge in [0.2, 0.25) is 0 Å². The number of likely N-dealkylation sites (N-methyl/N-ethyl adjacent to an activating group) is 1. The Kier molecular flexibility index (Phi) is 13.3. The lowest BCUT2D eigenvalue weighted by molar-refractivity contribution is 0.124. The molecule has 6 heteroatoms. The number of nitrogens with one attached hydrogen (secondary N) is 2. The van der Waals surface area contributed by atoms with E-state index in [0.717, 1.165) is 19.0 Å². The molecule has 1 aliphatic heterocycles. The fourth-order valence-electron chi connectivity index (χ4n) is 2.67. The average Bonchev–Trinajstić information content (AvgIpc) is 2.51. The molecule has 0 spiro atoms. The lowest BCUT2D eigenvalue weighted by atomic mass is 10.1. The van der Waals surface area contributed by atoms with Gasteiger partial charge in [0.1, 0.15) is 0 Å². The van der Waals surface area contributed by atoms with Gasteiger partial charge in [0.05, 0.1) is 0 Å². The van der Waals surface area contributed by atoms with Crippen molar-refractivity contribution in [1.82, 2.24) is 20.4 Å². The van der Waals surface area contributed by atoms with Crippen molar-refractivity contribution < 1.29 is 0 Å². The highest BCUT2D eigenvalue weighted by molar-refractivity contribution is 14.0. The van der Waals surface area contributed by atoms with Crippen molar-refractivity contribution >= 4 is 29.9 Å². The quantitative estimate of drug-likeness (QED) is 0.270. The third-order valence-corrected chi connectivity index (χ3v) is 4.15. The maximum atomic E-state index is 4.27. The lowest BCUT2D eigenvalue weighted by Gasteiger charge is -2.35. The van der Waals surface area contributed by atoms with E-state index < -0.39 is 0 Å². The summed E-state index contributed by atoms with van der Waals surface area (Å²) in [5.41, 5.74) is 0. The molecular formula is C16H36IN5. The molecule has 0 aromatic carbocycles. The SMILES string of the molecule is CCCCNC(=NC)NCC(C)CN1CCN(CC)CC1.I. The third-order valence-electron chi connectivity index (χ3n) is 4.15. The Balaban J connectivity index is 0.00000441. The van der Waals surface area contributed by atoms with Crippen LogP contribution >= 0.6 is 24.0 Å². The number of rotatable bonds is 8. The van der Waals surface area contributed by atoms with E-state index in [4.69, 9.17) is 0 Å². The van der Waals surface area contributed by atoms with Crippen LogP contribution in [-0.4, -0.2) is 75.2 Å². The molecule has 132 valence electrons. The average molecular weight is 425 g/mol. The summed E-state index contributed by atoms with van der Waals surface area (Å²) in [7, 11) is 1.84. The Labute approximate surface area is 154 Å². The van der Waals surface area contributed by atoms with Gasteiger partial charge in [-0.05, 0) is 18.9 Å². The number of halogens is 1. The fraction of sp³-hybridized carbons (Fsp3) is 0.938. The van der Waals surface area contributed by atoms with E-state index in [2.05, 4.69) is 46.2 Å². The zero-order valence-electron chi connectivity index (χ0n) is 14.9. The zero-order valence-corrected chi connectivity index (χ0v) is 17.2. The van der Waals surface area contributed by atoms with Gasteiger partial charge in [0.15, 0.2) is 5.96 Å². The number of hydrogen-bond donors (Lipinski definition) is 2. The minimum atomic E-state index is 0. The molecule has 0 aromatic heterocycles. The van der Waals surface area contributed by atoms with Gasteiger partial charge in [-0.25, -0.2) is 0 Å². The summed E-state index contributed by atoms with van der Waals surface area (Å²) >= 11 is 0. The molecule has 2 N–H and O–H groups in total. The molecule has 1 heterocycles. The fourth-order valence-corrected chi connectivity index (χ4v) is 2.67. The smallest absolute Gasteiger partial charge is 0.190 e. The first-order valence-electron chi connectivity index (χ1n) is 8.58. The summed E-state index contributed by atoms with van der Waals surface area (Å²) in [4.78, 5) is 9.39. The zero-order chi connectivity index (χ0) is 15.5. The molecule has 0 aliphatic carbocycles. The van der Waals surface area contributed by atoms with Crippen LogP contribution in [0, 0.1) is 5.92 Å². The van der Waals surface area contributed by atoms with Crippen LogP contribution in [0.1, 0.15) is 33.6 Å². The first-order valence-corrected chi connectivity index (χ1v) is 8.58. The van der Waals surface area contributed by atoms with Crippen molar-refractivity contribution in [2.24, 2.45) is 10.9 Å². The van der Waals surface area contributed by atoms with Gasteiger partial charge in [-0.1, -0.05) is 27.2 Å². The summed E-state index contributed by atoms with van der Waals surface area (Å²) in [6, 6.07) is 0. The van der Waals surface area contributed by atoms with Gasteiger partial charge in [0.25, 0.3) is 0 Å². The number of guanidine groups is 1. The summed E-state index contributed by atoms with van der Waals surface area (Å²) in [5, 5.41) is 6.80. The van der Waals surface area contributed by atoms with Crippen molar-refractivity contribution in [2.45, 2.75) is 33.6 Å². The Hall–Kier alpha value is -0.0800. The molecule has 1 fully saturated rings. The number of aliphatic imine (C=N–C) groups is 1. The minimum Gasteiger partial charge on any atom is -0.356 e. The second-order valence-corrected chi connectivity index (χ2v) is 6.07. The van der Waals surface area contributed by atoms with Crippen LogP contribution < -0.4 is 10.6 Å². The molecule has 0 saturated carbocycles. The maximum absolute atomic E-state index is 4.27. The molecule has 1 unspecified atom stereocenters. The van der Waals surface area contributed by atoms with Crippen molar-refractivity contribution in [3.8, 4) is 0 Å². The molecule has 1 saturated heterocycles. The van der Waals surface area contributed by atoms with Crippen LogP contribution in [0.4, 0.5) is 0 Å². The predicted molar refractivity (Wildman–Crippen MR) is 107 cm³/mol. The molecule has 22 heavy (non-hydrogen) atoms. The van der Waals surface area contributed by atoms with Crippen molar-refractivity contribution in [2.75, 3.05) is 59.4 Å². The van der Waals surface area contributed by atoms with Crippen molar-refractivity contribution in [1.29, 1.82) is 0 Å². The van der Waals surface area contributed by atoms with Crippen molar-refractivity contribution in [3.63, 3.8) is 0 Å². The Morgan fingerprint density at radius 3 is 2.27 bits per heavy atom. The van der Waals surface area contributed by atoms with Crippen LogP contribution in [0.25, 0.3) is 0 Å². The number of piperazine rings is 1. The lowest BCUT2D eigenvalue weighted by Crippen LogP contribution is -2.48. The minimum absolute atomic E-state index is 0. The van der Waals surface area contributed by atoms with Crippen LogP contribution in [0.5, 0.6) is 0 Å². The first kappa shape index (κ1) is 21.9. The maximum Gasteiger partial charge on any atom is 0.190 e. The Morgan fingerprint density at radius 2 is 1.73 bits per heavy atom. The number of unbranched alkanes of at least 4 members (excludes halogenated alkanes) is 1. The van der Waals surface area contributed by atoms with E-state index >= 15 is 0 Å². The largest absolute Gasteiger partial charge is 0.356 e. The standard InChI is InChI=1S/C16H35N5.HI/c1-5-7-8-18-16(17-4)19-13-15(3)14-21-11-9-20(6-2)10-12-21;/h15H,5-14H2,1-4H3,(H2,17,18,19);1H. The normalized spacial score (nSPS) is 18.6. The summed E-state index contributed by atoms with van der Waals surface area (Å²) in [5.74, 6) is 1.58. The first-order chi connectivity index (χ1) is 10.2. The van der Waals surface area contributed by atoms with E-state index in [1.165, 1.54) is 52.1 Å². The monoisotopic (exact) mass is 425 g/mol. The molecule has 1 aliphatic rings. The molecule has 1 rings (SSSR count). The second kappa shape index (κ2) is 13.4. The number of hydrogen-bond acceptors (Lipinski definition) is 3. The van der Waals surface area contributed by atoms with Crippen LogP contribution in [-0.2, 0) is 0 Å². The summed E-state index contributed by atoms with van der Waals surface area (Å²) in [6.07, 6.45) is 2.40. The van der Waals surface area contributed by atoms with Crippen LogP contribution in [0.3, 0.4) is 0 Å². The molecule has 0 aromatic rings. The van der Waals surface area contributed by atoms with Gasteiger partial charge < -0.3 is 20.4 Å². The second-order valence-electron chi connectivity index (χ2n) is 6.07. The Morgan fingerprint density at radius 1 is 1.09 bits per heavy atom. The van der Waals surface area contributed by atoms with E-state index in [-0.39, 0.29) is 24.0 Å². The Bertz CT molecular complexity index is 290. The van der Waals surface area contributed by atoms with Gasteiger partial charge in [0, 0.05) is 52.9 Å². The molecule has 1 atom stereocenters. The highest BCUT2D eigenvalue weighted by Gasteiger charge is 2.17. The summed E-state index contributed by atoms with van der Waals surface area (Å²) in [6.45, 7) is 16.0. The van der Waals surface area contributed by atoms with E-state index in [1.807, 2.05) is 7.05 Å². The topological polar surface area (TPSA) is 42.9 Å². The number of nitrogens with zero attached hydrogens (tertiary/aromatic N) is 3. The molecule has 0 bridgehead atoms. The van der Waals surface area contributed by atoms with E-state index in [1.54, 1.807) is 0 Å². The van der Waals surface area contributed by atoms with Crippen LogP contribution in [0.15, 0.2) is 4.99 Å². The molecular weight excluding hydrogens is 389 g/mol. The molecule has 0 amide bonds. The van der Waals surface area contributed by atoms with Gasteiger partial charge in [-0.3, -0.25) is 4.99 Å². The van der Waals surface area contributed by atoms with E-state index in [0.29, 0.717) is 5.92 Å². The van der Waals surface area contributed by atoms with E-state index in [9.17, 15) is 0 Å².